The summed E-state index contributed by atoms with van der Waals surface area (Å²) in [5.41, 5.74) is 3.65. The lowest BCUT2D eigenvalue weighted by Gasteiger charge is -2.38. The van der Waals surface area contributed by atoms with Crippen molar-refractivity contribution in [3.05, 3.63) is 96.1 Å². The molecule has 0 bridgehead atoms. The molecule has 4 aromatic rings. The number of piperazine rings is 1. The zero-order valence-electron chi connectivity index (χ0n) is 25.3. The van der Waals surface area contributed by atoms with Gasteiger partial charge in [0.2, 0.25) is 0 Å². The van der Waals surface area contributed by atoms with Gasteiger partial charge in [0.05, 0.1) is 18.4 Å². The van der Waals surface area contributed by atoms with Gasteiger partial charge >= 0.3 is 0 Å². The third kappa shape index (κ3) is 7.09. The molecular weight excluding hydrogens is 538 g/mol. The molecular formula is C35H41N5O3. The Hall–Kier alpha value is -4.56. The van der Waals surface area contributed by atoms with E-state index in [1.807, 2.05) is 72.8 Å². The summed E-state index contributed by atoms with van der Waals surface area (Å²) in [6, 6.07) is 27.3. The van der Waals surface area contributed by atoms with Gasteiger partial charge < -0.3 is 30.1 Å². The first-order valence-corrected chi connectivity index (χ1v) is 15.1. The minimum Gasteiger partial charge on any atom is -0.495 e. The van der Waals surface area contributed by atoms with Crippen LogP contribution in [0.3, 0.4) is 0 Å². The molecule has 43 heavy (non-hydrogen) atoms. The predicted octanol–water partition coefficient (Wildman–Crippen LogP) is 5.50. The van der Waals surface area contributed by atoms with E-state index in [1.54, 1.807) is 13.2 Å². The van der Waals surface area contributed by atoms with Gasteiger partial charge in [0.1, 0.15) is 5.75 Å². The van der Waals surface area contributed by atoms with Gasteiger partial charge in [-0.3, -0.25) is 9.59 Å². The minimum absolute atomic E-state index is 0.142. The number of hydrogen-bond acceptors (Lipinski definition) is 6. The molecule has 8 heteroatoms. The topological polar surface area (TPSA) is 77.2 Å². The third-order valence-electron chi connectivity index (χ3n) is 8.16. The number of carbonyl (C=O) groups is 2. The smallest absolute Gasteiger partial charge is 0.255 e. The molecule has 1 aliphatic heterocycles. The van der Waals surface area contributed by atoms with Crippen LogP contribution < -0.4 is 25.2 Å². The van der Waals surface area contributed by atoms with E-state index in [2.05, 4.69) is 45.2 Å². The van der Waals surface area contributed by atoms with Gasteiger partial charge in [0.15, 0.2) is 0 Å². The molecule has 0 atom stereocenters. The number of ether oxygens (including phenoxy) is 1. The van der Waals surface area contributed by atoms with E-state index in [4.69, 9.17) is 4.74 Å². The van der Waals surface area contributed by atoms with Crippen LogP contribution in [0.15, 0.2) is 84.9 Å². The highest BCUT2D eigenvalue weighted by Crippen LogP contribution is 2.31. The number of amides is 2. The van der Waals surface area contributed by atoms with Gasteiger partial charge in [-0.05, 0) is 66.3 Å². The van der Waals surface area contributed by atoms with Gasteiger partial charge in [-0.25, -0.2) is 0 Å². The Labute approximate surface area is 254 Å². The summed E-state index contributed by atoms with van der Waals surface area (Å²) in [6.07, 6.45) is 0. The largest absolute Gasteiger partial charge is 0.495 e. The normalized spacial score (nSPS) is 13.3. The van der Waals surface area contributed by atoms with Crippen LogP contribution in [0, 0.1) is 0 Å². The van der Waals surface area contributed by atoms with E-state index in [1.165, 1.54) is 0 Å². The number of anilines is 3. The van der Waals surface area contributed by atoms with Crippen LogP contribution in [-0.4, -0.2) is 76.2 Å². The third-order valence-corrected chi connectivity index (χ3v) is 8.16. The number of hydrogen-bond donors (Lipinski definition) is 2. The number of para-hydroxylation sites is 2. The Kier molecular flexibility index (Phi) is 9.79. The van der Waals surface area contributed by atoms with Crippen LogP contribution >= 0.6 is 0 Å². The number of nitrogens with zero attached hydrogens (tertiary/aromatic N) is 3. The highest BCUT2D eigenvalue weighted by Gasteiger charge is 2.24. The molecule has 1 saturated heterocycles. The van der Waals surface area contributed by atoms with E-state index in [9.17, 15) is 9.59 Å². The Morgan fingerprint density at radius 3 is 2.16 bits per heavy atom. The van der Waals surface area contributed by atoms with E-state index >= 15 is 0 Å². The maximum absolute atomic E-state index is 13.6. The Morgan fingerprint density at radius 2 is 1.44 bits per heavy atom. The number of carbonyl (C=O) groups excluding carboxylic acids is 2. The van der Waals surface area contributed by atoms with Crippen LogP contribution in [0.2, 0.25) is 0 Å². The molecule has 8 nitrogen and oxygen atoms in total. The molecule has 1 heterocycles. The lowest BCUT2D eigenvalue weighted by molar-refractivity contribution is 0.0948. The van der Waals surface area contributed by atoms with Crippen LogP contribution in [0.1, 0.15) is 34.6 Å². The van der Waals surface area contributed by atoms with E-state index in [-0.39, 0.29) is 11.8 Å². The summed E-state index contributed by atoms with van der Waals surface area (Å²) in [4.78, 5) is 33.7. The van der Waals surface area contributed by atoms with Crippen molar-refractivity contribution in [2.75, 3.05) is 74.6 Å². The van der Waals surface area contributed by atoms with Crippen molar-refractivity contribution in [2.45, 2.75) is 13.8 Å². The van der Waals surface area contributed by atoms with E-state index in [0.29, 0.717) is 23.4 Å². The zero-order chi connectivity index (χ0) is 30.2. The first-order valence-electron chi connectivity index (χ1n) is 15.1. The molecule has 0 unspecified atom stereocenters. The molecule has 2 amide bonds. The van der Waals surface area contributed by atoms with Crippen molar-refractivity contribution in [3.63, 3.8) is 0 Å². The van der Waals surface area contributed by atoms with Gasteiger partial charge in [0, 0.05) is 56.2 Å². The van der Waals surface area contributed by atoms with Gasteiger partial charge in [-0.15, -0.1) is 0 Å². The van der Waals surface area contributed by atoms with E-state index in [0.717, 1.165) is 73.7 Å². The maximum Gasteiger partial charge on any atom is 0.255 e. The number of nitrogens with one attached hydrogen (secondary N) is 2. The van der Waals surface area contributed by atoms with Crippen LogP contribution in [0.4, 0.5) is 17.1 Å². The number of rotatable bonds is 11. The second-order valence-corrected chi connectivity index (χ2v) is 10.7. The van der Waals surface area contributed by atoms with Gasteiger partial charge in [0.25, 0.3) is 11.8 Å². The average Bonchev–Trinajstić information content (AvgIpc) is 3.06. The van der Waals surface area contributed by atoms with Crippen molar-refractivity contribution in [2.24, 2.45) is 0 Å². The van der Waals surface area contributed by atoms with Gasteiger partial charge in [-0.1, -0.05) is 56.3 Å². The Balaban J connectivity index is 1.35. The molecule has 0 aliphatic carbocycles. The standard InChI is InChI=1S/C35H41N5O3/c1-4-38(5-2)19-18-36-35(42)30-25-29(37-34(41)28-15-14-26-10-6-7-11-27(26)24-28)16-17-31(30)39-20-22-40(23-21-39)32-12-8-9-13-33(32)43-3/h6-17,24-25H,4-5,18-23H2,1-3H3,(H,36,42)(H,37,41). The summed E-state index contributed by atoms with van der Waals surface area (Å²) in [5.74, 6) is 0.503. The highest BCUT2D eigenvalue weighted by molar-refractivity contribution is 6.08. The van der Waals surface area contributed by atoms with Crippen molar-refractivity contribution in [3.8, 4) is 5.75 Å². The molecule has 0 aromatic heterocycles. The molecule has 2 N–H and O–H groups in total. The Bertz CT molecular complexity index is 1560. The lowest BCUT2D eigenvalue weighted by atomic mass is 10.1. The molecule has 1 aliphatic rings. The fraction of sp³-hybridized carbons (Fsp3) is 0.314. The molecule has 5 rings (SSSR count). The summed E-state index contributed by atoms with van der Waals surface area (Å²) in [7, 11) is 1.69. The first-order chi connectivity index (χ1) is 21.0. The molecule has 0 spiro atoms. The molecule has 0 radical (unpaired) electrons. The zero-order valence-corrected chi connectivity index (χ0v) is 25.3. The molecule has 224 valence electrons. The van der Waals surface area contributed by atoms with Crippen molar-refractivity contribution >= 4 is 39.6 Å². The second-order valence-electron chi connectivity index (χ2n) is 10.7. The van der Waals surface area contributed by atoms with Crippen LogP contribution in [0.5, 0.6) is 5.75 Å². The fourth-order valence-electron chi connectivity index (χ4n) is 5.65. The van der Waals surface area contributed by atoms with E-state index < -0.39 is 0 Å². The van der Waals surface area contributed by atoms with Crippen molar-refractivity contribution in [1.29, 1.82) is 0 Å². The number of methoxy groups -OCH3 is 1. The molecule has 0 saturated carbocycles. The number of likely N-dealkylation sites (N-methyl/N-ethyl adjacent to an activating group) is 1. The summed E-state index contributed by atoms with van der Waals surface area (Å²) < 4.78 is 5.58. The minimum atomic E-state index is -0.211. The maximum atomic E-state index is 13.6. The highest BCUT2D eigenvalue weighted by atomic mass is 16.5. The van der Waals surface area contributed by atoms with Crippen LogP contribution in [0.25, 0.3) is 10.8 Å². The molecule has 1 fully saturated rings. The lowest BCUT2D eigenvalue weighted by Crippen LogP contribution is -2.47. The SMILES string of the molecule is CCN(CC)CCNC(=O)c1cc(NC(=O)c2ccc3ccccc3c2)ccc1N1CCN(c2ccccc2OC)CC1. The van der Waals surface area contributed by atoms with Crippen molar-refractivity contribution < 1.29 is 14.3 Å². The molecule has 4 aromatic carbocycles. The van der Waals surface area contributed by atoms with Gasteiger partial charge in [-0.2, -0.15) is 0 Å². The predicted molar refractivity (Wildman–Crippen MR) is 176 cm³/mol. The monoisotopic (exact) mass is 579 g/mol. The van der Waals surface area contributed by atoms with Crippen molar-refractivity contribution in [1.82, 2.24) is 10.2 Å². The number of fused-ring (bicyclic) bond motifs is 1. The van der Waals surface area contributed by atoms with Crippen LogP contribution in [-0.2, 0) is 0 Å². The average molecular weight is 580 g/mol. The number of benzene rings is 4. The second kappa shape index (κ2) is 14.1. The Morgan fingerprint density at radius 1 is 0.767 bits per heavy atom. The summed E-state index contributed by atoms with van der Waals surface area (Å²) in [5, 5.41) is 8.21. The fourth-order valence-corrected chi connectivity index (χ4v) is 5.65. The summed E-state index contributed by atoms with van der Waals surface area (Å²) >= 11 is 0. The quantitative estimate of drug-likeness (QED) is 0.245. The first kappa shape index (κ1) is 29.9. The summed E-state index contributed by atoms with van der Waals surface area (Å²) in [6.45, 7) is 10.5.